The minimum atomic E-state index is -0.985. The summed E-state index contributed by atoms with van der Waals surface area (Å²) in [5.74, 6) is -1.46. The fraction of sp³-hybridized carbons (Fsp3) is 0.158. The molecule has 1 amide bonds. The van der Waals surface area contributed by atoms with Gasteiger partial charge < -0.3 is 14.5 Å². The van der Waals surface area contributed by atoms with Crippen LogP contribution in [0.25, 0.3) is 11.0 Å². The van der Waals surface area contributed by atoms with Gasteiger partial charge in [0.25, 0.3) is 5.91 Å². The second-order valence-corrected chi connectivity index (χ2v) is 5.54. The maximum absolute atomic E-state index is 12.8. The van der Waals surface area contributed by atoms with Crippen LogP contribution >= 0.6 is 0 Å². The molecule has 2 aromatic carbocycles. The van der Waals surface area contributed by atoms with Gasteiger partial charge in [-0.3, -0.25) is 4.79 Å². The van der Waals surface area contributed by atoms with E-state index in [9.17, 15) is 14.0 Å². The van der Waals surface area contributed by atoms with Crippen molar-refractivity contribution in [3.05, 3.63) is 71.7 Å². The molecule has 25 heavy (non-hydrogen) atoms. The lowest BCUT2D eigenvalue weighted by Crippen LogP contribution is -2.35. The summed E-state index contributed by atoms with van der Waals surface area (Å²) in [6, 6.07) is 14.5. The topological polar surface area (TPSA) is 68.5 Å². The molecule has 0 aliphatic rings. The molecule has 1 heterocycles. The van der Waals surface area contributed by atoms with Crippen molar-refractivity contribution >= 4 is 22.8 Å². The molecule has 5 nitrogen and oxygen atoms in total. The standard InChI is InChI=1S/C19H16FNO4/c1-12(18(22)21-11-13-6-8-15(20)9-7-13)24-19(23)17-10-14-4-2-3-5-16(14)25-17/h2-10,12H,11H2,1H3,(H,21,22)/t12-/m1/s1. The molecule has 0 bridgehead atoms. The van der Waals surface area contributed by atoms with Crippen molar-refractivity contribution in [3.63, 3.8) is 0 Å². The van der Waals surface area contributed by atoms with Gasteiger partial charge in [0.2, 0.25) is 5.76 Å². The summed E-state index contributed by atoms with van der Waals surface area (Å²) in [6.45, 7) is 1.69. The molecule has 0 radical (unpaired) electrons. The number of furan rings is 1. The Morgan fingerprint density at radius 1 is 1.16 bits per heavy atom. The fourth-order valence-corrected chi connectivity index (χ4v) is 2.29. The van der Waals surface area contributed by atoms with Crippen LogP contribution in [0, 0.1) is 5.82 Å². The predicted molar refractivity (Wildman–Crippen MR) is 89.3 cm³/mol. The van der Waals surface area contributed by atoms with Crippen molar-refractivity contribution in [2.75, 3.05) is 0 Å². The van der Waals surface area contributed by atoms with Crippen LogP contribution in [0.3, 0.4) is 0 Å². The van der Waals surface area contributed by atoms with Crippen LogP contribution in [0.4, 0.5) is 4.39 Å². The zero-order valence-corrected chi connectivity index (χ0v) is 13.5. The third kappa shape index (κ3) is 4.03. The number of carbonyl (C=O) groups excluding carboxylic acids is 2. The zero-order valence-electron chi connectivity index (χ0n) is 13.5. The van der Waals surface area contributed by atoms with E-state index in [1.807, 2.05) is 12.1 Å². The number of carbonyl (C=O) groups is 2. The van der Waals surface area contributed by atoms with Crippen molar-refractivity contribution in [2.45, 2.75) is 19.6 Å². The summed E-state index contributed by atoms with van der Waals surface area (Å²) in [5, 5.41) is 3.41. The van der Waals surface area contributed by atoms with E-state index in [2.05, 4.69) is 5.32 Å². The molecule has 0 saturated heterocycles. The Balaban J connectivity index is 1.56. The van der Waals surface area contributed by atoms with Crippen molar-refractivity contribution in [2.24, 2.45) is 0 Å². The lowest BCUT2D eigenvalue weighted by atomic mass is 10.2. The van der Waals surface area contributed by atoms with E-state index in [0.29, 0.717) is 5.58 Å². The number of benzene rings is 2. The Hall–Kier alpha value is -3.15. The summed E-state index contributed by atoms with van der Waals surface area (Å²) in [7, 11) is 0. The Bertz CT molecular complexity index is 868. The highest BCUT2D eigenvalue weighted by Gasteiger charge is 2.21. The first kappa shape index (κ1) is 16.7. The van der Waals surface area contributed by atoms with Gasteiger partial charge in [-0.2, -0.15) is 0 Å². The van der Waals surface area contributed by atoms with Gasteiger partial charge in [-0.1, -0.05) is 30.3 Å². The van der Waals surface area contributed by atoms with Crippen LogP contribution in [0.2, 0.25) is 0 Å². The normalized spacial score (nSPS) is 11.9. The highest BCUT2D eigenvalue weighted by molar-refractivity contribution is 5.94. The molecular formula is C19H16FNO4. The smallest absolute Gasteiger partial charge is 0.375 e. The van der Waals surface area contributed by atoms with Gasteiger partial charge in [0.1, 0.15) is 11.4 Å². The number of ether oxygens (including phenoxy) is 1. The molecular weight excluding hydrogens is 325 g/mol. The molecule has 0 fully saturated rings. The minimum absolute atomic E-state index is 0.0411. The van der Waals surface area contributed by atoms with E-state index < -0.39 is 18.0 Å². The van der Waals surface area contributed by atoms with Gasteiger partial charge in [-0.25, -0.2) is 9.18 Å². The van der Waals surface area contributed by atoms with Gasteiger partial charge in [0, 0.05) is 11.9 Å². The van der Waals surface area contributed by atoms with Crippen LogP contribution in [0.5, 0.6) is 0 Å². The van der Waals surface area contributed by atoms with Crippen molar-refractivity contribution in [3.8, 4) is 0 Å². The Morgan fingerprint density at radius 3 is 2.60 bits per heavy atom. The summed E-state index contributed by atoms with van der Waals surface area (Å²) >= 11 is 0. The summed E-state index contributed by atoms with van der Waals surface area (Å²) in [5.41, 5.74) is 1.31. The molecule has 0 aliphatic heterocycles. The highest BCUT2D eigenvalue weighted by atomic mass is 19.1. The average Bonchev–Trinajstić information content (AvgIpc) is 3.05. The second-order valence-electron chi connectivity index (χ2n) is 5.54. The molecule has 1 aromatic heterocycles. The van der Waals surface area contributed by atoms with Crippen molar-refractivity contribution in [1.82, 2.24) is 5.32 Å². The first-order valence-corrected chi connectivity index (χ1v) is 7.74. The summed E-state index contributed by atoms with van der Waals surface area (Å²) in [6.07, 6.45) is -0.985. The SMILES string of the molecule is C[C@@H](OC(=O)c1cc2ccccc2o1)C(=O)NCc1ccc(F)cc1. The largest absolute Gasteiger partial charge is 0.449 e. The summed E-state index contributed by atoms with van der Waals surface area (Å²) < 4.78 is 23.4. The zero-order chi connectivity index (χ0) is 17.8. The fourth-order valence-electron chi connectivity index (χ4n) is 2.29. The number of rotatable bonds is 5. The van der Waals surface area contributed by atoms with Gasteiger partial charge in [0.05, 0.1) is 0 Å². The van der Waals surface area contributed by atoms with Crippen LogP contribution in [0.1, 0.15) is 23.0 Å². The molecule has 1 N–H and O–H groups in total. The molecule has 0 saturated carbocycles. The third-order valence-electron chi connectivity index (χ3n) is 3.66. The number of halogens is 1. The maximum Gasteiger partial charge on any atom is 0.375 e. The predicted octanol–water partition coefficient (Wildman–Crippen LogP) is 3.43. The van der Waals surface area contributed by atoms with E-state index in [1.54, 1.807) is 30.3 Å². The average molecular weight is 341 g/mol. The lowest BCUT2D eigenvalue weighted by Gasteiger charge is -2.12. The molecule has 3 aromatic rings. The third-order valence-corrected chi connectivity index (χ3v) is 3.66. The van der Waals surface area contributed by atoms with E-state index >= 15 is 0 Å². The highest BCUT2D eigenvalue weighted by Crippen LogP contribution is 2.19. The van der Waals surface area contributed by atoms with Gasteiger partial charge >= 0.3 is 5.97 Å². The molecule has 0 aliphatic carbocycles. The Morgan fingerprint density at radius 2 is 1.88 bits per heavy atom. The summed E-state index contributed by atoms with van der Waals surface area (Å²) in [4.78, 5) is 24.1. The Labute approximate surface area is 143 Å². The Kier molecular flexibility index (Phi) is 4.79. The number of para-hydroxylation sites is 1. The molecule has 128 valence electrons. The number of fused-ring (bicyclic) bond motifs is 1. The minimum Gasteiger partial charge on any atom is -0.449 e. The number of amides is 1. The van der Waals surface area contributed by atoms with Gasteiger partial charge in [-0.05, 0) is 36.8 Å². The quantitative estimate of drug-likeness (QED) is 0.722. The molecule has 6 heteroatoms. The van der Waals surface area contributed by atoms with Crippen LogP contribution < -0.4 is 5.32 Å². The van der Waals surface area contributed by atoms with E-state index in [1.165, 1.54) is 19.1 Å². The number of nitrogens with one attached hydrogen (secondary N) is 1. The monoisotopic (exact) mass is 341 g/mol. The van der Waals surface area contributed by atoms with Gasteiger partial charge in [-0.15, -0.1) is 0 Å². The first-order chi connectivity index (χ1) is 12.0. The van der Waals surface area contributed by atoms with Crippen LogP contribution in [0.15, 0.2) is 59.0 Å². The van der Waals surface area contributed by atoms with Crippen molar-refractivity contribution in [1.29, 1.82) is 0 Å². The van der Waals surface area contributed by atoms with E-state index in [4.69, 9.17) is 9.15 Å². The second kappa shape index (κ2) is 7.17. The van der Waals surface area contributed by atoms with Gasteiger partial charge in [0.15, 0.2) is 6.10 Å². The molecule has 3 rings (SSSR count). The number of hydrogen-bond donors (Lipinski definition) is 1. The lowest BCUT2D eigenvalue weighted by molar-refractivity contribution is -0.129. The number of hydrogen-bond acceptors (Lipinski definition) is 4. The van der Waals surface area contributed by atoms with Crippen LogP contribution in [-0.2, 0) is 16.1 Å². The maximum atomic E-state index is 12.8. The molecule has 0 unspecified atom stereocenters. The van der Waals surface area contributed by atoms with Crippen molar-refractivity contribution < 1.29 is 23.1 Å². The van der Waals surface area contributed by atoms with E-state index in [0.717, 1.165) is 10.9 Å². The molecule has 0 spiro atoms. The number of esters is 1. The first-order valence-electron chi connectivity index (χ1n) is 7.74. The van der Waals surface area contributed by atoms with Crippen LogP contribution in [-0.4, -0.2) is 18.0 Å². The van der Waals surface area contributed by atoms with E-state index in [-0.39, 0.29) is 18.1 Å². The molecule has 1 atom stereocenters.